The number of ether oxygens (including phenoxy) is 1. The number of hydrogen-bond donors (Lipinski definition) is 2. The van der Waals surface area contributed by atoms with Gasteiger partial charge in [0.15, 0.2) is 4.77 Å². The SMILES string of the molecule is CCn1c(O)c(/C=N/c2sc3c(c2C(=O)OC)CCCC3)c(=O)[nH]c1=S. The highest BCUT2D eigenvalue weighted by Gasteiger charge is 2.25. The number of carbonyl (C=O) groups excluding carboxylic acids is 1. The third kappa shape index (κ3) is 3.24. The van der Waals surface area contributed by atoms with E-state index < -0.39 is 11.5 Å². The number of rotatable bonds is 4. The van der Waals surface area contributed by atoms with E-state index in [0.29, 0.717) is 17.1 Å². The van der Waals surface area contributed by atoms with Gasteiger partial charge in [-0.05, 0) is 50.4 Å². The lowest BCUT2D eigenvalue weighted by Gasteiger charge is -2.11. The maximum atomic E-state index is 12.2. The van der Waals surface area contributed by atoms with E-state index in [0.717, 1.165) is 36.1 Å². The molecule has 1 aliphatic rings. The van der Waals surface area contributed by atoms with Crippen LogP contribution >= 0.6 is 23.6 Å². The molecule has 0 spiro atoms. The van der Waals surface area contributed by atoms with Crippen LogP contribution in [0.2, 0.25) is 0 Å². The summed E-state index contributed by atoms with van der Waals surface area (Å²) in [6.07, 6.45) is 5.10. The normalized spacial score (nSPS) is 13.8. The minimum atomic E-state index is -0.526. The Morgan fingerprint density at radius 3 is 2.88 bits per heavy atom. The number of fused-ring (bicyclic) bond motifs is 1. The topological polar surface area (TPSA) is 96.7 Å². The highest BCUT2D eigenvalue weighted by atomic mass is 32.1. The minimum Gasteiger partial charge on any atom is -0.494 e. The number of nitrogens with one attached hydrogen (secondary N) is 1. The number of H-pyrrole nitrogens is 1. The third-order valence-corrected chi connectivity index (χ3v) is 5.90. The second-order valence-electron chi connectivity index (χ2n) is 5.88. The van der Waals surface area contributed by atoms with Gasteiger partial charge in [-0.1, -0.05) is 0 Å². The number of hydrogen-bond acceptors (Lipinski definition) is 7. The third-order valence-electron chi connectivity index (χ3n) is 4.38. The number of esters is 1. The summed E-state index contributed by atoms with van der Waals surface area (Å²) in [5, 5.41) is 10.8. The molecule has 7 nitrogen and oxygen atoms in total. The molecule has 0 amide bonds. The lowest BCUT2D eigenvalue weighted by molar-refractivity contribution is 0.0601. The number of carbonyl (C=O) groups is 1. The van der Waals surface area contributed by atoms with Crippen molar-refractivity contribution in [3.8, 4) is 5.88 Å². The Balaban J connectivity index is 2.10. The predicted octanol–water partition coefficient (Wildman–Crippen LogP) is 3.11. The smallest absolute Gasteiger partial charge is 0.341 e. The molecule has 0 saturated heterocycles. The first-order chi connectivity index (χ1) is 12.5. The summed E-state index contributed by atoms with van der Waals surface area (Å²) in [4.78, 5) is 32.4. The van der Waals surface area contributed by atoms with Gasteiger partial charge in [0.2, 0.25) is 5.88 Å². The maximum Gasteiger partial charge on any atom is 0.341 e. The fourth-order valence-electron chi connectivity index (χ4n) is 3.06. The van der Waals surface area contributed by atoms with Crippen LogP contribution in [-0.4, -0.2) is 34.0 Å². The molecule has 0 aliphatic heterocycles. The molecular formula is C17H19N3O4S2. The van der Waals surface area contributed by atoms with Gasteiger partial charge in [0, 0.05) is 17.6 Å². The summed E-state index contributed by atoms with van der Waals surface area (Å²) < 4.78 is 6.46. The first-order valence-corrected chi connectivity index (χ1v) is 9.53. The Morgan fingerprint density at radius 2 is 2.19 bits per heavy atom. The van der Waals surface area contributed by atoms with Crippen LogP contribution < -0.4 is 5.56 Å². The number of thiophene rings is 1. The molecule has 138 valence electrons. The molecule has 0 radical (unpaired) electrons. The summed E-state index contributed by atoms with van der Waals surface area (Å²) in [6.45, 7) is 2.21. The van der Waals surface area contributed by atoms with Gasteiger partial charge in [-0.2, -0.15) is 0 Å². The predicted molar refractivity (Wildman–Crippen MR) is 103 cm³/mol. The van der Waals surface area contributed by atoms with E-state index in [2.05, 4.69) is 9.98 Å². The molecular weight excluding hydrogens is 374 g/mol. The minimum absolute atomic E-state index is 0.00244. The number of aromatic nitrogens is 2. The van der Waals surface area contributed by atoms with E-state index in [-0.39, 0.29) is 16.2 Å². The first kappa shape index (κ1) is 18.5. The van der Waals surface area contributed by atoms with Crippen molar-refractivity contribution in [2.45, 2.75) is 39.2 Å². The summed E-state index contributed by atoms with van der Waals surface area (Å²) in [5.41, 5.74) is 0.926. The zero-order valence-electron chi connectivity index (χ0n) is 14.5. The van der Waals surface area contributed by atoms with E-state index in [1.165, 1.54) is 29.2 Å². The summed E-state index contributed by atoms with van der Waals surface area (Å²) in [5.74, 6) is -0.676. The zero-order valence-corrected chi connectivity index (χ0v) is 16.1. The Hall–Kier alpha value is -2.26. The average Bonchev–Trinajstić information content (AvgIpc) is 2.99. The number of methoxy groups -OCH3 is 1. The Bertz CT molecular complexity index is 1000. The fraction of sp³-hybridized carbons (Fsp3) is 0.412. The number of aliphatic imine (C=N–C) groups is 1. The largest absolute Gasteiger partial charge is 0.494 e. The molecule has 0 unspecified atom stereocenters. The lowest BCUT2D eigenvalue weighted by Crippen LogP contribution is -2.18. The molecule has 0 bridgehead atoms. The van der Waals surface area contributed by atoms with Crippen molar-refractivity contribution in [1.29, 1.82) is 0 Å². The fourth-order valence-corrected chi connectivity index (χ4v) is 4.59. The number of aromatic amines is 1. The molecule has 26 heavy (non-hydrogen) atoms. The van der Waals surface area contributed by atoms with Crippen LogP contribution in [0.25, 0.3) is 0 Å². The van der Waals surface area contributed by atoms with Gasteiger partial charge in [0.05, 0.1) is 12.7 Å². The molecule has 2 heterocycles. The van der Waals surface area contributed by atoms with Crippen molar-refractivity contribution in [2.75, 3.05) is 7.11 Å². The molecule has 0 atom stereocenters. The van der Waals surface area contributed by atoms with E-state index in [9.17, 15) is 14.7 Å². The van der Waals surface area contributed by atoms with Gasteiger partial charge in [0.1, 0.15) is 10.6 Å². The van der Waals surface area contributed by atoms with Crippen molar-refractivity contribution in [3.63, 3.8) is 0 Å². The van der Waals surface area contributed by atoms with Crippen molar-refractivity contribution in [2.24, 2.45) is 4.99 Å². The molecule has 1 aliphatic carbocycles. The van der Waals surface area contributed by atoms with E-state index in [1.54, 1.807) is 6.92 Å². The van der Waals surface area contributed by atoms with Gasteiger partial charge in [0.25, 0.3) is 5.56 Å². The van der Waals surface area contributed by atoms with Gasteiger partial charge in [-0.15, -0.1) is 11.3 Å². The highest BCUT2D eigenvalue weighted by Crippen LogP contribution is 2.40. The molecule has 0 aromatic carbocycles. The van der Waals surface area contributed by atoms with Gasteiger partial charge >= 0.3 is 5.97 Å². The van der Waals surface area contributed by atoms with Crippen LogP contribution in [0.1, 0.15) is 46.1 Å². The van der Waals surface area contributed by atoms with Crippen LogP contribution in [0.15, 0.2) is 9.79 Å². The monoisotopic (exact) mass is 393 g/mol. The quantitative estimate of drug-likeness (QED) is 0.473. The summed E-state index contributed by atoms with van der Waals surface area (Å²) in [6, 6.07) is 0. The van der Waals surface area contributed by atoms with Gasteiger partial charge in [-0.25, -0.2) is 9.79 Å². The van der Waals surface area contributed by atoms with Gasteiger partial charge < -0.3 is 9.84 Å². The standard InChI is InChI=1S/C17H19N3O4S2/c1-3-20-15(22)10(13(21)19-17(20)25)8-18-14-12(16(23)24-2)9-6-4-5-7-11(9)26-14/h8,22H,3-7H2,1-2H3,(H,19,21,25)/b18-8+. The molecule has 9 heteroatoms. The summed E-state index contributed by atoms with van der Waals surface area (Å²) >= 11 is 6.47. The first-order valence-electron chi connectivity index (χ1n) is 8.30. The Labute approximate surface area is 159 Å². The Kier molecular flexibility index (Phi) is 5.38. The second-order valence-corrected chi connectivity index (χ2v) is 7.35. The second kappa shape index (κ2) is 7.55. The van der Waals surface area contributed by atoms with Crippen molar-refractivity contribution < 1.29 is 14.6 Å². The van der Waals surface area contributed by atoms with Crippen LogP contribution in [0.3, 0.4) is 0 Å². The number of aryl methyl sites for hydroxylation is 1. The molecule has 3 rings (SSSR count). The number of nitrogens with zero attached hydrogens (tertiary/aromatic N) is 2. The molecule has 2 aromatic rings. The van der Waals surface area contributed by atoms with E-state index in [1.807, 2.05) is 0 Å². The van der Waals surface area contributed by atoms with Crippen LogP contribution in [-0.2, 0) is 24.1 Å². The van der Waals surface area contributed by atoms with Crippen molar-refractivity contribution in [1.82, 2.24) is 9.55 Å². The maximum absolute atomic E-state index is 12.2. The molecule has 0 fully saturated rings. The zero-order chi connectivity index (χ0) is 18.8. The molecule has 2 aromatic heterocycles. The number of aromatic hydroxyl groups is 1. The van der Waals surface area contributed by atoms with Crippen LogP contribution in [0.4, 0.5) is 5.00 Å². The molecule has 0 saturated carbocycles. The van der Waals surface area contributed by atoms with Crippen LogP contribution in [0.5, 0.6) is 5.88 Å². The van der Waals surface area contributed by atoms with Crippen molar-refractivity contribution in [3.05, 3.63) is 36.7 Å². The highest BCUT2D eigenvalue weighted by molar-refractivity contribution is 7.71. The van der Waals surface area contributed by atoms with E-state index in [4.69, 9.17) is 17.0 Å². The van der Waals surface area contributed by atoms with Crippen LogP contribution in [0, 0.1) is 4.77 Å². The van der Waals surface area contributed by atoms with Gasteiger partial charge in [-0.3, -0.25) is 14.3 Å². The Morgan fingerprint density at radius 1 is 1.46 bits per heavy atom. The van der Waals surface area contributed by atoms with E-state index >= 15 is 0 Å². The lowest BCUT2D eigenvalue weighted by atomic mass is 9.95. The summed E-state index contributed by atoms with van der Waals surface area (Å²) in [7, 11) is 1.34. The average molecular weight is 393 g/mol. The van der Waals surface area contributed by atoms with Crippen molar-refractivity contribution >= 4 is 40.7 Å². The molecule has 2 N–H and O–H groups in total.